The molecule has 0 fully saturated rings. The Morgan fingerprint density at radius 1 is 1.22 bits per heavy atom. The van der Waals surface area contributed by atoms with Gasteiger partial charge in [-0.2, -0.15) is 0 Å². The van der Waals surface area contributed by atoms with E-state index >= 15 is 0 Å². The van der Waals surface area contributed by atoms with E-state index in [1.165, 1.54) is 12.1 Å². The molecule has 3 heteroatoms. The van der Waals surface area contributed by atoms with Crippen molar-refractivity contribution in [2.24, 2.45) is 0 Å². The predicted molar refractivity (Wildman–Crippen MR) is 41.7 cm³/mol. The summed E-state index contributed by atoms with van der Waals surface area (Å²) in [5, 5.41) is 0.174. The Morgan fingerprint density at radius 2 is 1.78 bits per heavy atom. The zero-order chi connectivity index (χ0) is 5.98. The van der Waals surface area contributed by atoms with Crippen molar-refractivity contribution in [3.8, 4) is 0 Å². The third-order valence-electron chi connectivity index (χ3n) is 0.824. The van der Waals surface area contributed by atoms with Crippen LogP contribution in [0.25, 0.3) is 0 Å². The monoisotopic (exact) mass is 210 g/mol. The maximum Gasteiger partial charge on any atom is 0.141 e. The topological polar surface area (TPSA) is 0 Å². The molecule has 0 N–H and O–H groups in total. The Kier molecular flexibility index (Phi) is 3.82. The lowest BCUT2D eigenvalue weighted by Crippen LogP contribution is -1.70. The Morgan fingerprint density at radius 3 is 2.11 bits per heavy atom. The van der Waals surface area contributed by atoms with E-state index in [0.29, 0.717) is 0 Å². The van der Waals surface area contributed by atoms with E-state index in [9.17, 15) is 4.39 Å². The molecule has 0 saturated heterocycles. The lowest BCUT2D eigenvalue weighted by Gasteiger charge is -1.86. The van der Waals surface area contributed by atoms with E-state index < -0.39 is 0 Å². The average molecular weight is 211 g/mol. The summed E-state index contributed by atoms with van der Waals surface area (Å²) >= 11 is 5.33. The second kappa shape index (κ2) is 3.85. The van der Waals surface area contributed by atoms with E-state index in [2.05, 4.69) is 0 Å². The van der Waals surface area contributed by atoms with Crippen molar-refractivity contribution in [2.45, 2.75) is 0 Å². The highest BCUT2D eigenvalue weighted by molar-refractivity contribution is 8.93. The van der Waals surface area contributed by atoms with Crippen molar-refractivity contribution < 1.29 is 4.39 Å². The van der Waals surface area contributed by atoms with Gasteiger partial charge in [-0.1, -0.05) is 23.7 Å². The molecule has 1 aromatic carbocycles. The fourth-order valence-electron chi connectivity index (χ4n) is 0.439. The highest BCUT2D eigenvalue weighted by Gasteiger charge is 1.91. The summed E-state index contributed by atoms with van der Waals surface area (Å²) < 4.78 is 12.2. The van der Waals surface area contributed by atoms with E-state index in [0.717, 1.165) is 0 Å². The third kappa shape index (κ3) is 2.33. The van der Waals surface area contributed by atoms with Crippen LogP contribution in [-0.4, -0.2) is 0 Å². The van der Waals surface area contributed by atoms with Crippen molar-refractivity contribution in [2.75, 3.05) is 0 Å². The molecule has 0 aliphatic rings. The summed E-state index contributed by atoms with van der Waals surface area (Å²) in [5.41, 5.74) is 0. The van der Waals surface area contributed by atoms with E-state index in [1.807, 2.05) is 0 Å². The lowest BCUT2D eigenvalue weighted by molar-refractivity contribution is 0.628. The smallest absolute Gasteiger partial charge is 0.141 e. The second-order valence-electron chi connectivity index (χ2n) is 1.41. The summed E-state index contributed by atoms with van der Waals surface area (Å²) in [4.78, 5) is 0. The van der Waals surface area contributed by atoms with Gasteiger partial charge in [0, 0.05) is 0 Å². The molecular weight excluding hydrogens is 206 g/mol. The highest BCUT2D eigenvalue weighted by atomic mass is 79.9. The molecule has 0 saturated carbocycles. The molecule has 0 aromatic heterocycles. The highest BCUT2D eigenvalue weighted by Crippen LogP contribution is 2.11. The molecule has 0 aliphatic carbocycles. The molecule has 0 heterocycles. The first-order valence-corrected chi connectivity index (χ1v) is 2.58. The molecule has 0 aliphatic heterocycles. The molecule has 0 bridgehead atoms. The van der Waals surface area contributed by atoms with Gasteiger partial charge >= 0.3 is 0 Å². The van der Waals surface area contributed by atoms with Gasteiger partial charge in [0.25, 0.3) is 0 Å². The largest absolute Gasteiger partial charge is 0.205 e. The number of hydrogen-bond acceptors (Lipinski definition) is 0. The summed E-state index contributed by atoms with van der Waals surface area (Å²) in [6.07, 6.45) is 0. The first kappa shape index (κ1) is 8.92. The normalized spacial score (nSPS) is 8.22. The maximum atomic E-state index is 12.2. The van der Waals surface area contributed by atoms with Crippen molar-refractivity contribution in [1.29, 1.82) is 0 Å². The molecule has 0 radical (unpaired) electrons. The molecule has 1 aromatic rings. The minimum absolute atomic E-state index is 0. The number of rotatable bonds is 0. The van der Waals surface area contributed by atoms with Gasteiger partial charge < -0.3 is 0 Å². The summed E-state index contributed by atoms with van der Waals surface area (Å²) in [7, 11) is 0. The van der Waals surface area contributed by atoms with Crippen molar-refractivity contribution in [3.63, 3.8) is 0 Å². The Labute approximate surface area is 68.4 Å². The van der Waals surface area contributed by atoms with Crippen LogP contribution in [0, 0.1) is 5.82 Å². The zero-order valence-corrected chi connectivity index (χ0v) is 6.94. The molecule has 0 atom stereocenters. The van der Waals surface area contributed by atoms with Gasteiger partial charge in [0.1, 0.15) is 5.82 Å². The van der Waals surface area contributed by atoms with Crippen molar-refractivity contribution in [3.05, 3.63) is 35.1 Å². The summed E-state index contributed by atoms with van der Waals surface area (Å²) in [5.74, 6) is -0.367. The van der Waals surface area contributed by atoms with Crippen LogP contribution in [0.2, 0.25) is 5.02 Å². The summed E-state index contributed by atoms with van der Waals surface area (Å²) in [6, 6.07) is 6.12. The van der Waals surface area contributed by atoms with Crippen LogP contribution in [0.4, 0.5) is 4.39 Å². The number of halogens is 3. The summed E-state index contributed by atoms with van der Waals surface area (Å²) in [6.45, 7) is 0. The Balaban J connectivity index is 0.000000640. The fraction of sp³-hybridized carbons (Fsp3) is 0. The fourth-order valence-corrected chi connectivity index (χ4v) is 0.575. The first-order valence-electron chi connectivity index (χ1n) is 2.21. The number of benzene rings is 1. The van der Waals surface area contributed by atoms with E-state index in [1.54, 1.807) is 12.1 Å². The minimum Gasteiger partial charge on any atom is -0.205 e. The van der Waals surface area contributed by atoms with Crippen LogP contribution in [0.3, 0.4) is 0 Å². The second-order valence-corrected chi connectivity index (χ2v) is 1.82. The lowest BCUT2D eigenvalue weighted by atomic mass is 10.4. The van der Waals surface area contributed by atoms with E-state index in [-0.39, 0.29) is 27.8 Å². The van der Waals surface area contributed by atoms with E-state index in [4.69, 9.17) is 11.6 Å². The van der Waals surface area contributed by atoms with Crippen LogP contribution in [0.15, 0.2) is 24.3 Å². The quantitative estimate of drug-likeness (QED) is 0.619. The minimum atomic E-state index is -0.367. The van der Waals surface area contributed by atoms with Crippen molar-refractivity contribution >= 4 is 28.6 Å². The molecule has 0 amide bonds. The SMILES string of the molecule is Br.Fc1ccccc1Cl. The van der Waals surface area contributed by atoms with Gasteiger partial charge in [0.2, 0.25) is 0 Å². The first-order chi connectivity index (χ1) is 3.80. The zero-order valence-electron chi connectivity index (χ0n) is 4.47. The van der Waals surface area contributed by atoms with Crippen LogP contribution < -0.4 is 0 Å². The molecular formula is C6H5BrClF. The van der Waals surface area contributed by atoms with Crippen LogP contribution in [0.5, 0.6) is 0 Å². The maximum absolute atomic E-state index is 12.2. The number of hydrogen-bond donors (Lipinski definition) is 0. The third-order valence-corrected chi connectivity index (χ3v) is 1.13. The Hall–Kier alpha value is -0.0800. The van der Waals surface area contributed by atoms with Crippen LogP contribution in [0.1, 0.15) is 0 Å². The van der Waals surface area contributed by atoms with Gasteiger partial charge in [-0.25, -0.2) is 4.39 Å². The van der Waals surface area contributed by atoms with Gasteiger partial charge in [0.05, 0.1) is 5.02 Å². The van der Waals surface area contributed by atoms with Crippen molar-refractivity contribution in [1.82, 2.24) is 0 Å². The molecule has 0 nitrogen and oxygen atoms in total. The van der Waals surface area contributed by atoms with Gasteiger partial charge in [-0.05, 0) is 12.1 Å². The van der Waals surface area contributed by atoms with Gasteiger partial charge in [-0.15, -0.1) is 17.0 Å². The molecule has 9 heavy (non-hydrogen) atoms. The Bertz CT molecular complexity index is 169. The van der Waals surface area contributed by atoms with Gasteiger partial charge in [0.15, 0.2) is 0 Å². The van der Waals surface area contributed by atoms with Crippen LogP contribution in [-0.2, 0) is 0 Å². The standard InChI is InChI=1S/C6H4ClF.BrH/c7-5-3-1-2-4-6(5)8;/h1-4H;1H. The molecule has 50 valence electrons. The average Bonchev–Trinajstić information content (AvgIpc) is 1.77. The van der Waals surface area contributed by atoms with Crippen LogP contribution >= 0.6 is 28.6 Å². The molecule has 0 spiro atoms. The molecule has 0 unspecified atom stereocenters. The predicted octanol–water partition coefficient (Wildman–Crippen LogP) is 3.06. The van der Waals surface area contributed by atoms with Gasteiger partial charge in [-0.3, -0.25) is 0 Å². The molecule has 1 rings (SSSR count).